The number of nitrogens with two attached hydrogens (primary N) is 1. The smallest absolute Gasteiger partial charge is 0.263 e. The van der Waals surface area contributed by atoms with Crippen molar-refractivity contribution in [3.8, 4) is 0 Å². The Labute approximate surface area is 129 Å². The molecule has 21 heavy (non-hydrogen) atoms. The third-order valence-corrected chi connectivity index (χ3v) is 5.37. The number of sulfonamides is 1. The van der Waals surface area contributed by atoms with Gasteiger partial charge in [-0.15, -0.1) is 11.3 Å². The van der Waals surface area contributed by atoms with E-state index >= 15 is 0 Å². The Kier molecular flexibility index (Phi) is 3.99. The second-order valence-corrected chi connectivity index (χ2v) is 8.43. The van der Waals surface area contributed by atoms with Crippen LogP contribution in [-0.2, 0) is 15.4 Å². The maximum atomic E-state index is 12.4. The Morgan fingerprint density at radius 1 is 1.29 bits per heavy atom. The number of hydrogen-bond acceptors (Lipinski definition) is 5. The second kappa shape index (κ2) is 5.31. The van der Waals surface area contributed by atoms with Gasteiger partial charge in [0.05, 0.1) is 10.6 Å². The molecule has 0 atom stereocenters. The molecule has 0 aliphatic rings. The third kappa shape index (κ3) is 3.54. The molecule has 5 nitrogen and oxygen atoms in total. The van der Waals surface area contributed by atoms with Crippen molar-refractivity contribution in [2.45, 2.75) is 38.0 Å². The molecule has 0 spiro atoms. The van der Waals surface area contributed by atoms with E-state index in [-0.39, 0.29) is 10.3 Å². The predicted molar refractivity (Wildman–Crippen MR) is 87.2 cm³/mol. The van der Waals surface area contributed by atoms with Crippen LogP contribution in [0.25, 0.3) is 0 Å². The highest BCUT2D eigenvalue weighted by atomic mass is 32.2. The fourth-order valence-corrected chi connectivity index (χ4v) is 4.23. The summed E-state index contributed by atoms with van der Waals surface area (Å²) in [4.78, 5) is 4.56. The maximum Gasteiger partial charge on any atom is 0.263 e. The molecule has 114 valence electrons. The number of anilines is 2. The lowest BCUT2D eigenvalue weighted by atomic mass is 9.93. The lowest BCUT2D eigenvalue weighted by Gasteiger charge is -2.14. The summed E-state index contributed by atoms with van der Waals surface area (Å²) in [5, 5.41) is 2.24. The normalized spacial score (nSPS) is 12.4. The largest absolute Gasteiger partial charge is 0.399 e. The van der Waals surface area contributed by atoms with E-state index in [0.29, 0.717) is 16.4 Å². The lowest BCUT2D eigenvalue weighted by Crippen LogP contribution is -2.15. The van der Waals surface area contributed by atoms with Crippen molar-refractivity contribution in [1.82, 2.24) is 4.98 Å². The van der Waals surface area contributed by atoms with Crippen LogP contribution in [0, 0.1) is 6.92 Å². The molecule has 0 unspecified atom stereocenters. The zero-order valence-corrected chi connectivity index (χ0v) is 14.1. The van der Waals surface area contributed by atoms with Gasteiger partial charge in [0.25, 0.3) is 10.0 Å². The first-order valence-corrected chi connectivity index (χ1v) is 8.81. The maximum absolute atomic E-state index is 12.4. The van der Waals surface area contributed by atoms with Crippen molar-refractivity contribution in [1.29, 1.82) is 0 Å². The predicted octanol–water partition coefficient (Wildman–Crippen LogP) is 3.13. The number of thiazole rings is 1. The van der Waals surface area contributed by atoms with Gasteiger partial charge in [-0.25, -0.2) is 13.4 Å². The molecule has 0 amide bonds. The molecule has 0 saturated carbocycles. The van der Waals surface area contributed by atoms with Crippen molar-refractivity contribution in [3.63, 3.8) is 0 Å². The number of nitrogens with zero attached hydrogens (tertiary/aromatic N) is 1. The molecule has 1 aromatic heterocycles. The van der Waals surface area contributed by atoms with Crippen molar-refractivity contribution in [2.75, 3.05) is 10.5 Å². The van der Waals surface area contributed by atoms with Gasteiger partial charge in [-0.05, 0) is 30.7 Å². The summed E-state index contributed by atoms with van der Waals surface area (Å²) in [6, 6.07) is 4.71. The van der Waals surface area contributed by atoms with Crippen molar-refractivity contribution >= 4 is 32.2 Å². The summed E-state index contributed by atoms with van der Waals surface area (Å²) in [5.41, 5.74) is 7.54. The van der Waals surface area contributed by atoms with Gasteiger partial charge in [0, 0.05) is 16.5 Å². The SMILES string of the molecule is Cc1cc(N)ccc1S(=O)(=O)Nc1nc(C(C)(C)C)cs1. The Morgan fingerprint density at radius 2 is 1.95 bits per heavy atom. The minimum atomic E-state index is -3.65. The fourth-order valence-electron chi connectivity index (χ4n) is 1.81. The summed E-state index contributed by atoms with van der Waals surface area (Å²) in [7, 11) is -3.65. The average Bonchev–Trinajstić information content (AvgIpc) is 2.75. The molecule has 0 radical (unpaired) electrons. The lowest BCUT2D eigenvalue weighted by molar-refractivity contribution is 0.573. The van der Waals surface area contributed by atoms with E-state index in [2.05, 4.69) is 9.71 Å². The molecule has 0 saturated heterocycles. The Bertz CT molecular complexity index is 759. The Hall–Kier alpha value is -1.60. The van der Waals surface area contributed by atoms with Crippen LogP contribution in [0.2, 0.25) is 0 Å². The molecule has 0 fully saturated rings. The van der Waals surface area contributed by atoms with E-state index in [0.717, 1.165) is 5.69 Å². The molecular weight excluding hydrogens is 306 g/mol. The third-order valence-electron chi connectivity index (χ3n) is 2.98. The van der Waals surface area contributed by atoms with Crippen molar-refractivity contribution in [3.05, 3.63) is 34.8 Å². The zero-order chi connectivity index (χ0) is 15.8. The first-order chi connectivity index (χ1) is 9.59. The molecule has 3 N–H and O–H groups in total. The van der Waals surface area contributed by atoms with Gasteiger partial charge < -0.3 is 5.73 Å². The Balaban J connectivity index is 2.31. The minimum absolute atomic E-state index is 0.114. The summed E-state index contributed by atoms with van der Waals surface area (Å²) in [6.45, 7) is 7.81. The molecule has 0 aliphatic carbocycles. The molecular formula is C14H19N3O2S2. The number of nitrogen functional groups attached to an aromatic ring is 1. The van der Waals surface area contributed by atoms with E-state index in [4.69, 9.17) is 5.73 Å². The van der Waals surface area contributed by atoms with E-state index in [9.17, 15) is 8.42 Å². The molecule has 2 aromatic rings. The number of aromatic nitrogens is 1. The number of aryl methyl sites for hydroxylation is 1. The highest BCUT2D eigenvalue weighted by molar-refractivity contribution is 7.93. The molecule has 1 aromatic carbocycles. The summed E-state index contributed by atoms with van der Waals surface area (Å²) < 4.78 is 27.3. The fraction of sp³-hybridized carbons (Fsp3) is 0.357. The molecule has 7 heteroatoms. The second-order valence-electron chi connectivity index (χ2n) is 5.92. The minimum Gasteiger partial charge on any atom is -0.399 e. The van der Waals surface area contributed by atoms with E-state index in [1.807, 2.05) is 26.2 Å². The molecule has 2 rings (SSSR count). The van der Waals surface area contributed by atoms with Crippen LogP contribution in [0.15, 0.2) is 28.5 Å². The highest BCUT2D eigenvalue weighted by Gasteiger charge is 2.21. The van der Waals surface area contributed by atoms with E-state index < -0.39 is 10.0 Å². The van der Waals surface area contributed by atoms with Gasteiger partial charge in [-0.1, -0.05) is 20.8 Å². The first-order valence-electron chi connectivity index (χ1n) is 6.44. The van der Waals surface area contributed by atoms with Gasteiger partial charge in [0.1, 0.15) is 0 Å². The summed E-state index contributed by atoms with van der Waals surface area (Å²) in [6.07, 6.45) is 0. The van der Waals surface area contributed by atoms with E-state index in [1.165, 1.54) is 17.4 Å². The van der Waals surface area contributed by atoms with Gasteiger partial charge in [0.2, 0.25) is 0 Å². The van der Waals surface area contributed by atoms with Crippen LogP contribution < -0.4 is 10.5 Å². The molecule has 0 aliphatic heterocycles. The standard InChI is InChI=1S/C14H19N3O2S2/c1-9-7-10(15)5-6-11(9)21(18,19)17-13-16-12(8-20-13)14(2,3)4/h5-8H,15H2,1-4H3,(H,16,17). The van der Waals surface area contributed by atoms with Crippen LogP contribution in [0.3, 0.4) is 0 Å². The van der Waals surface area contributed by atoms with Crippen molar-refractivity contribution < 1.29 is 8.42 Å². The molecule has 1 heterocycles. The molecule has 0 bridgehead atoms. The first kappa shape index (κ1) is 15.8. The van der Waals surface area contributed by atoms with Gasteiger partial charge >= 0.3 is 0 Å². The zero-order valence-electron chi connectivity index (χ0n) is 12.5. The highest BCUT2D eigenvalue weighted by Crippen LogP contribution is 2.28. The van der Waals surface area contributed by atoms with Crippen LogP contribution in [-0.4, -0.2) is 13.4 Å². The topological polar surface area (TPSA) is 85.1 Å². The number of nitrogens with one attached hydrogen (secondary N) is 1. The van der Waals surface area contributed by atoms with Crippen LogP contribution in [0.5, 0.6) is 0 Å². The quantitative estimate of drug-likeness (QED) is 0.849. The number of benzene rings is 1. The summed E-state index contributed by atoms with van der Waals surface area (Å²) in [5.74, 6) is 0. The number of rotatable bonds is 3. The van der Waals surface area contributed by atoms with Crippen molar-refractivity contribution in [2.24, 2.45) is 0 Å². The number of hydrogen-bond donors (Lipinski definition) is 2. The Morgan fingerprint density at radius 3 is 2.48 bits per heavy atom. The monoisotopic (exact) mass is 325 g/mol. The average molecular weight is 325 g/mol. The van der Waals surface area contributed by atoms with Crippen LogP contribution in [0.4, 0.5) is 10.8 Å². The summed E-state index contributed by atoms with van der Waals surface area (Å²) >= 11 is 1.28. The van der Waals surface area contributed by atoms with Crippen LogP contribution in [0.1, 0.15) is 32.0 Å². The van der Waals surface area contributed by atoms with Gasteiger partial charge in [0.15, 0.2) is 5.13 Å². The van der Waals surface area contributed by atoms with Gasteiger partial charge in [-0.3, -0.25) is 4.72 Å². The van der Waals surface area contributed by atoms with Crippen LogP contribution >= 0.6 is 11.3 Å². The van der Waals surface area contributed by atoms with Gasteiger partial charge in [-0.2, -0.15) is 0 Å². The van der Waals surface area contributed by atoms with E-state index in [1.54, 1.807) is 19.1 Å².